The third-order valence-electron chi connectivity index (χ3n) is 2.52. The summed E-state index contributed by atoms with van der Waals surface area (Å²) in [5.74, 6) is 0.146. The molecule has 1 atom stereocenters. The second-order valence-corrected chi connectivity index (χ2v) is 3.79. The number of nitrogen functional groups attached to an aromatic ring is 1. The summed E-state index contributed by atoms with van der Waals surface area (Å²) in [6.45, 7) is 1.33. The molecule has 0 spiro atoms. The number of pyridine rings is 1. The first kappa shape index (κ1) is 13.7. The van der Waals surface area contributed by atoms with E-state index in [0.29, 0.717) is 18.1 Å². The van der Waals surface area contributed by atoms with Gasteiger partial charge in [-0.2, -0.15) is 0 Å². The minimum absolute atomic E-state index is 0. The highest BCUT2D eigenvalue weighted by molar-refractivity contribution is 5.92. The van der Waals surface area contributed by atoms with E-state index in [2.05, 4.69) is 10.3 Å². The van der Waals surface area contributed by atoms with Crippen molar-refractivity contribution in [2.75, 3.05) is 18.9 Å². The molecule has 17 heavy (non-hydrogen) atoms. The van der Waals surface area contributed by atoms with Gasteiger partial charge in [0, 0.05) is 13.2 Å². The number of halogens is 1. The summed E-state index contributed by atoms with van der Waals surface area (Å²) in [5.41, 5.74) is 5.84. The van der Waals surface area contributed by atoms with Gasteiger partial charge >= 0.3 is 0 Å². The molecule has 0 saturated carbocycles. The lowest BCUT2D eigenvalue weighted by molar-refractivity contribution is 0.0854. The number of rotatable bonds is 3. The summed E-state index contributed by atoms with van der Waals surface area (Å²) in [6.07, 6.45) is 2.21. The predicted molar refractivity (Wildman–Crippen MR) is 67.2 cm³/mol. The Hall–Kier alpha value is -1.33. The molecule has 0 radical (unpaired) electrons. The lowest BCUT2D eigenvalue weighted by atomic mass is 10.2. The highest BCUT2D eigenvalue weighted by atomic mass is 35.5. The predicted octanol–water partition coefficient (Wildman–Crippen LogP) is 0.994. The van der Waals surface area contributed by atoms with Crippen LogP contribution in [0.2, 0.25) is 0 Å². The maximum absolute atomic E-state index is 11.7. The average molecular weight is 258 g/mol. The van der Waals surface area contributed by atoms with Crippen molar-refractivity contribution in [1.29, 1.82) is 0 Å². The first-order valence-electron chi connectivity index (χ1n) is 5.38. The zero-order valence-electron chi connectivity index (χ0n) is 9.39. The monoisotopic (exact) mass is 257 g/mol. The number of amides is 1. The lowest BCUT2D eigenvalue weighted by Crippen LogP contribution is -2.32. The first-order valence-corrected chi connectivity index (χ1v) is 5.38. The molecule has 1 aromatic rings. The molecule has 1 aromatic heterocycles. The quantitative estimate of drug-likeness (QED) is 0.847. The molecule has 0 aliphatic carbocycles. The van der Waals surface area contributed by atoms with Gasteiger partial charge in [-0.25, -0.2) is 4.98 Å². The van der Waals surface area contributed by atoms with Crippen molar-refractivity contribution in [3.05, 3.63) is 23.9 Å². The lowest BCUT2D eigenvalue weighted by Gasteiger charge is -2.10. The first-order chi connectivity index (χ1) is 7.75. The number of hydrogen-bond donors (Lipinski definition) is 2. The van der Waals surface area contributed by atoms with Crippen LogP contribution in [-0.2, 0) is 4.74 Å². The maximum atomic E-state index is 11.7. The number of ether oxygens (including phenoxy) is 1. The molecule has 94 valence electrons. The fourth-order valence-corrected chi connectivity index (χ4v) is 1.68. The number of nitrogens with two attached hydrogens (primary N) is 1. The van der Waals surface area contributed by atoms with Crippen molar-refractivity contribution in [2.45, 2.75) is 18.9 Å². The van der Waals surface area contributed by atoms with E-state index in [9.17, 15) is 4.79 Å². The molecule has 5 nitrogen and oxygen atoms in total. The van der Waals surface area contributed by atoms with Gasteiger partial charge in [0.15, 0.2) is 0 Å². The van der Waals surface area contributed by atoms with E-state index in [0.717, 1.165) is 19.4 Å². The van der Waals surface area contributed by atoms with Crippen LogP contribution in [-0.4, -0.2) is 30.1 Å². The summed E-state index contributed by atoms with van der Waals surface area (Å²) in [4.78, 5) is 15.6. The molecule has 0 bridgehead atoms. The van der Waals surface area contributed by atoms with Gasteiger partial charge in [0.2, 0.25) is 0 Å². The number of anilines is 1. The van der Waals surface area contributed by atoms with Gasteiger partial charge in [-0.1, -0.05) is 6.07 Å². The van der Waals surface area contributed by atoms with Crippen LogP contribution in [0, 0.1) is 0 Å². The molecule has 2 heterocycles. The fourth-order valence-electron chi connectivity index (χ4n) is 1.68. The zero-order valence-corrected chi connectivity index (χ0v) is 10.2. The smallest absolute Gasteiger partial charge is 0.270 e. The van der Waals surface area contributed by atoms with E-state index in [1.807, 2.05) is 0 Å². The molecule has 6 heteroatoms. The molecule has 2 rings (SSSR count). The Labute approximate surface area is 106 Å². The fraction of sp³-hybridized carbons (Fsp3) is 0.455. The van der Waals surface area contributed by atoms with Gasteiger partial charge < -0.3 is 15.8 Å². The van der Waals surface area contributed by atoms with Crippen molar-refractivity contribution in [3.63, 3.8) is 0 Å². The molecule has 1 fully saturated rings. The molecule has 1 amide bonds. The molecule has 0 aromatic carbocycles. The second-order valence-electron chi connectivity index (χ2n) is 3.79. The Morgan fingerprint density at radius 2 is 2.41 bits per heavy atom. The van der Waals surface area contributed by atoms with Crippen molar-refractivity contribution in [2.24, 2.45) is 0 Å². The molecular formula is C11H16ClN3O2. The number of hydrogen-bond acceptors (Lipinski definition) is 4. The van der Waals surface area contributed by atoms with Crippen LogP contribution in [0.3, 0.4) is 0 Å². The van der Waals surface area contributed by atoms with Gasteiger partial charge in [-0.05, 0) is 25.0 Å². The Morgan fingerprint density at radius 1 is 1.59 bits per heavy atom. The minimum Gasteiger partial charge on any atom is -0.384 e. The van der Waals surface area contributed by atoms with Gasteiger partial charge in [-0.15, -0.1) is 12.4 Å². The Morgan fingerprint density at radius 3 is 3.06 bits per heavy atom. The Balaban J connectivity index is 0.00000144. The van der Waals surface area contributed by atoms with Crippen LogP contribution in [0.1, 0.15) is 23.3 Å². The molecule has 1 unspecified atom stereocenters. The topological polar surface area (TPSA) is 77.2 Å². The summed E-state index contributed by atoms with van der Waals surface area (Å²) < 4.78 is 5.40. The molecule has 1 saturated heterocycles. The van der Waals surface area contributed by atoms with Crippen LogP contribution in [0.25, 0.3) is 0 Å². The number of aromatic nitrogens is 1. The van der Waals surface area contributed by atoms with Crippen LogP contribution >= 0.6 is 12.4 Å². The SMILES string of the molecule is Cl.Nc1cccc(C(=O)NCC2CCCO2)n1. The zero-order chi connectivity index (χ0) is 11.4. The van der Waals surface area contributed by atoms with Crippen LogP contribution in [0.5, 0.6) is 0 Å². The molecular weight excluding hydrogens is 242 g/mol. The Bertz CT molecular complexity index is 381. The molecule has 3 N–H and O–H groups in total. The van der Waals surface area contributed by atoms with Gasteiger partial charge in [-0.3, -0.25) is 4.79 Å². The van der Waals surface area contributed by atoms with Crippen LogP contribution in [0.15, 0.2) is 18.2 Å². The van der Waals surface area contributed by atoms with E-state index in [-0.39, 0.29) is 24.4 Å². The van der Waals surface area contributed by atoms with E-state index < -0.39 is 0 Å². The third kappa shape index (κ3) is 3.87. The van der Waals surface area contributed by atoms with Gasteiger partial charge in [0.25, 0.3) is 5.91 Å². The van der Waals surface area contributed by atoms with Gasteiger partial charge in [0.05, 0.1) is 6.10 Å². The summed E-state index contributed by atoms with van der Waals surface area (Å²) in [6, 6.07) is 5.00. The number of nitrogens with zero attached hydrogens (tertiary/aromatic N) is 1. The van der Waals surface area contributed by atoms with E-state index in [4.69, 9.17) is 10.5 Å². The standard InChI is InChI=1S/C11H15N3O2.ClH/c12-10-5-1-4-9(14-10)11(15)13-7-8-3-2-6-16-8;/h1,4-5,8H,2-3,6-7H2,(H2,12,14)(H,13,15);1H. The van der Waals surface area contributed by atoms with Crippen molar-refractivity contribution < 1.29 is 9.53 Å². The van der Waals surface area contributed by atoms with E-state index in [1.165, 1.54) is 0 Å². The Kier molecular flexibility index (Phi) is 5.18. The van der Waals surface area contributed by atoms with Crippen molar-refractivity contribution in [1.82, 2.24) is 10.3 Å². The second kappa shape index (κ2) is 6.42. The summed E-state index contributed by atoms with van der Waals surface area (Å²) >= 11 is 0. The van der Waals surface area contributed by atoms with Crippen molar-refractivity contribution in [3.8, 4) is 0 Å². The summed E-state index contributed by atoms with van der Waals surface area (Å²) in [7, 11) is 0. The van der Waals surface area contributed by atoms with Gasteiger partial charge in [0.1, 0.15) is 11.5 Å². The highest BCUT2D eigenvalue weighted by Gasteiger charge is 2.16. The summed E-state index contributed by atoms with van der Waals surface area (Å²) in [5, 5.41) is 2.79. The van der Waals surface area contributed by atoms with E-state index >= 15 is 0 Å². The van der Waals surface area contributed by atoms with Crippen LogP contribution in [0.4, 0.5) is 5.82 Å². The maximum Gasteiger partial charge on any atom is 0.270 e. The molecule has 1 aliphatic rings. The largest absolute Gasteiger partial charge is 0.384 e. The van der Waals surface area contributed by atoms with E-state index in [1.54, 1.807) is 18.2 Å². The number of carbonyl (C=O) groups is 1. The third-order valence-corrected chi connectivity index (χ3v) is 2.52. The average Bonchev–Trinajstić information content (AvgIpc) is 2.78. The van der Waals surface area contributed by atoms with Crippen molar-refractivity contribution >= 4 is 24.1 Å². The minimum atomic E-state index is -0.206. The van der Waals surface area contributed by atoms with Crippen LogP contribution < -0.4 is 11.1 Å². The molecule has 1 aliphatic heterocycles. The normalized spacial score (nSPS) is 18.5. The highest BCUT2D eigenvalue weighted by Crippen LogP contribution is 2.10. The number of carbonyl (C=O) groups excluding carboxylic acids is 1. The number of nitrogens with one attached hydrogen (secondary N) is 1.